The van der Waals surface area contributed by atoms with E-state index in [1.165, 1.54) is 22.5 Å². The largest absolute Gasteiger partial charge is 0.315 e. The Morgan fingerprint density at radius 3 is 2.48 bits per heavy atom. The minimum atomic E-state index is -3.70. The number of carbonyl (C=O) groups is 1. The van der Waals surface area contributed by atoms with Gasteiger partial charge in [-0.05, 0) is 48.9 Å². The average molecular weight is 429 g/mol. The lowest BCUT2D eigenvalue weighted by Gasteiger charge is -2.12. The molecule has 1 amide bonds. The van der Waals surface area contributed by atoms with Crippen LogP contribution in [0.2, 0.25) is 0 Å². The molecule has 3 rings (SSSR count). The molecule has 0 aliphatic carbocycles. The van der Waals surface area contributed by atoms with E-state index in [0.29, 0.717) is 16.4 Å². The first-order valence-electron chi connectivity index (χ1n) is 8.61. The van der Waals surface area contributed by atoms with Crippen LogP contribution in [0.15, 0.2) is 82.2 Å². The second kappa shape index (κ2) is 8.54. The van der Waals surface area contributed by atoms with E-state index in [0.717, 1.165) is 10.5 Å². The third-order valence-electron chi connectivity index (χ3n) is 3.92. The van der Waals surface area contributed by atoms with E-state index in [-0.39, 0.29) is 10.8 Å². The highest BCUT2D eigenvalue weighted by molar-refractivity contribution is 8.03. The van der Waals surface area contributed by atoms with Gasteiger partial charge in [0.15, 0.2) is 5.69 Å². The smallest absolute Gasteiger partial charge is 0.276 e. The Morgan fingerprint density at radius 1 is 1.14 bits per heavy atom. The molecule has 0 spiro atoms. The van der Waals surface area contributed by atoms with Gasteiger partial charge in [0.25, 0.3) is 15.9 Å². The van der Waals surface area contributed by atoms with Crippen molar-refractivity contribution in [3.8, 4) is 0 Å². The number of aromatic nitrogens is 2. The Hall–Kier alpha value is -3.04. The predicted octanol–water partition coefficient (Wildman–Crippen LogP) is 3.52. The molecule has 0 unspecified atom stereocenters. The van der Waals surface area contributed by atoms with Crippen LogP contribution < -0.4 is 10.0 Å². The van der Waals surface area contributed by atoms with E-state index in [1.807, 2.05) is 6.07 Å². The van der Waals surface area contributed by atoms with E-state index >= 15 is 0 Å². The number of sulfonamides is 1. The van der Waals surface area contributed by atoms with Crippen LogP contribution in [0.5, 0.6) is 0 Å². The molecule has 29 heavy (non-hydrogen) atoms. The van der Waals surface area contributed by atoms with E-state index in [1.54, 1.807) is 62.6 Å². The molecule has 1 heterocycles. The standard InChI is InChI=1S/C20H20N4O3S2/c1-14-13-17(29(26,27)23-16-7-5-4-6-8-16)9-10-19(14)28-15(2)21-20(25)18-11-12-24(3)22-18/h4-13,23H,2H2,1,3H3,(H,21,25). The Morgan fingerprint density at radius 2 is 1.86 bits per heavy atom. The first kappa shape index (κ1) is 20.7. The van der Waals surface area contributed by atoms with Gasteiger partial charge in [0.1, 0.15) is 0 Å². The normalized spacial score (nSPS) is 11.1. The number of hydrogen-bond donors (Lipinski definition) is 2. The second-order valence-electron chi connectivity index (χ2n) is 6.25. The van der Waals surface area contributed by atoms with Gasteiger partial charge >= 0.3 is 0 Å². The summed E-state index contributed by atoms with van der Waals surface area (Å²) >= 11 is 1.25. The van der Waals surface area contributed by atoms with Gasteiger partial charge in [-0.1, -0.05) is 36.5 Å². The van der Waals surface area contributed by atoms with Crippen molar-refractivity contribution in [3.63, 3.8) is 0 Å². The molecular weight excluding hydrogens is 408 g/mol. The highest BCUT2D eigenvalue weighted by atomic mass is 32.2. The summed E-state index contributed by atoms with van der Waals surface area (Å²) in [7, 11) is -1.97. The van der Waals surface area contributed by atoms with Gasteiger partial charge < -0.3 is 5.32 Å². The van der Waals surface area contributed by atoms with Crippen molar-refractivity contribution in [2.45, 2.75) is 16.7 Å². The van der Waals surface area contributed by atoms with Gasteiger partial charge in [-0.15, -0.1) is 0 Å². The number of thioether (sulfide) groups is 1. The topological polar surface area (TPSA) is 93.1 Å². The molecule has 0 aliphatic heterocycles. The summed E-state index contributed by atoms with van der Waals surface area (Å²) < 4.78 is 29.3. The van der Waals surface area contributed by atoms with Gasteiger partial charge in [0.2, 0.25) is 0 Å². The van der Waals surface area contributed by atoms with Crippen molar-refractivity contribution in [3.05, 3.63) is 83.7 Å². The summed E-state index contributed by atoms with van der Waals surface area (Å²) in [5.74, 6) is -0.355. The molecule has 150 valence electrons. The third kappa shape index (κ3) is 5.27. The number of amides is 1. The molecular formula is C20H20N4O3S2. The lowest BCUT2D eigenvalue weighted by Crippen LogP contribution is -2.21. The van der Waals surface area contributed by atoms with E-state index in [9.17, 15) is 13.2 Å². The fourth-order valence-electron chi connectivity index (χ4n) is 2.51. The molecule has 0 saturated carbocycles. The molecule has 7 nitrogen and oxygen atoms in total. The maximum atomic E-state index is 12.6. The molecule has 9 heteroatoms. The van der Waals surface area contributed by atoms with Crippen LogP contribution in [0.1, 0.15) is 16.1 Å². The van der Waals surface area contributed by atoms with Crippen molar-refractivity contribution in [1.29, 1.82) is 0 Å². The fourth-order valence-corrected chi connectivity index (χ4v) is 4.42. The zero-order chi connectivity index (χ0) is 21.0. The van der Waals surface area contributed by atoms with Crippen LogP contribution >= 0.6 is 11.8 Å². The molecule has 0 radical (unpaired) electrons. The third-order valence-corrected chi connectivity index (χ3v) is 6.32. The summed E-state index contributed by atoms with van der Waals surface area (Å²) in [6.45, 7) is 5.66. The zero-order valence-electron chi connectivity index (χ0n) is 15.9. The van der Waals surface area contributed by atoms with E-state index in [4.69, 9.17) is 0 Å². The van der Waals surface area contributed by atoms with Crippen molar-refractivity contribution in [1.82, 2.24) is 15.1 Å². The molecule has 2 N–H and O–H groups in total. The molecule has 1 aromatic heterocycles. The Balaban J connectivity index is 1.69. The number of benzene rings is 2. The first-order chi connectivity index (χ1) is 13.7. The van der Waals surface area contributed by atoms with Crippen molar-refractivity contribution >= 4 is 33.4 Å². The number of aryl methyl sites for hydroxylation is 2. The van der Waals surface area contributed by atoms with Gasteiger partial charge in [-0.25, -0.2) is 8.42 Å². The van der Waals surface area contributed by atoms with Gasteiger partial charge in [-0.3, -0.25) is 14.2 Å². The summed E-state index contributed by atoms with van der Waals surface area (Å²) in [6.07, 6.45) is 1.68. The lowest BCUT2D eigenvalue weighted by atomic mass is 10.2. The number of hydrogen-bond acceptors (Lipinski definition) is 5. The summed E-state index contributed by atoms with van der Waals surface area (Å²) in [5, 5.41) is 7.15. The van der Waals surface area contributed by atoms with E-state index < -0.39 is 10.0 Å². The van der Waals surface area contributed by atoms with E-state index in [2.05, 4.69) is 21.7 Å². The first-order valence-corrected chi connectivity index (χ1v) is 10.9. The second-order valence-corrected chi connectivity index (χ2v) is 9.07. The molecule has 3 aromatic rings. The van der Waals surface area contributed by atoms with Gasteiger partial charge in [0.05, 0.1) is 9.92 Å². The van der Waals surface area contributed by atoms with Gasteiger partial charge in [-0.2, -0.15) is 5.10 Å². The maximum absolute atomic E-state index is 12.6. The Kier molecular flexibility index (Phi) is 6.09. The molecule has 0 bridgehead atoms. The van der Waals surface area contributed by atoms with Crippen LogP contribution in [0.25, 0.3) is 0 Å². The van der Waals surface area contributed by atoms with Crippen molar-refractivity contribution in [2.24, 2.45) is 7.05 Å². The maximum Gasteiger partial charge on any atom is 0.276 e. The lowest BCUT2D eigenvalue weighted by molar-refractivity contribution is 0.0963. The number of carbonyl (C=O) groups excluding carboxylic acids is 1. The minimum Gasteiger partial charge on any atom is -0.315 e. The number of nitrogens with one attached hydrogen (secondary N) is 2. The highest BCUT2D eigenvalue weighted by Gasteiger charge is 2.16. The summed E-state index contributed by atoms with van der Waals surface area (Å²) in [4.78, 5) is 13.1. The SMILES string of the molecule is C=C(NC(=O)c1ccn(C)n1)Sc1ccc(S(=O)(=O)Nc2ccccc2)cc1C. The predicted molar refractivity (Wildman–Crippen MR) is 114 cm³/mol. The van der Waals surface area contributed by atoms with Gasteiger partial charge in [0, 0.05) is 23.8 Å². The average Bonchev–Trinajstić information content (AvgIpc) is 3.10. The number of nitrogens with zero attached hydrogens (tertiary/aromatic N) is 2. The number of rotatable bonds is 7. The van der Waals surface area contributed by atoms with Crippen LogP contribution in [0.3, 0.4) is 0 Å². The highest BCUT2D eigenvalue weighted by Crippen LogP contribution is 2.29. The molecule has 0 saturated heterocycles. The Labute approximate surface area is 173 Å². The van der Waals surface area contributed by atoms with Crippen molar-refractivity contribution < 1.29 is 13.2 Å². The molecule has 0 fully saturated rings. The minimum absolute atomic E-state index is 0.159. The van der Waals surface area contributed by atoms with Crippen LogP contribution in [0, 0.1) is 6.92 Å². The number of para-hydroxylation sites is 1. The molecule has 0 aliphatic rings. The van der Waals surface area contributed by atoms with Crippen LogP contribution in [-0.4, -0.2) is 24.1 Å². The summed E-state index contributed by atoms with van der Waals surface area (Å²) in [5.41, 5.74) is 1.53. The van der Waals surface area contributed by atoms with Crippen LogP contribution in [0.4, 0.5) is 5.69 Å². The van der Waals surface area contributed by atoms with Crippen molar-refractivity contribution in [2.75, 3.05) is 4.72 Å². The molecule has 2 aromatic carbocycles. The summed E-state index contributed by atoms with van der Waals surface area (Å²) in [6, 6.07) is 15.1. The zero-order valence-corrected chi connectivity index (χ0v) is 17.5. The monoisotopic (exact) mass is 428 g/mol. The fraction of sp³-hybridized carbons (Fsp3) is 0.100. The molecule has 0 atom stereocenters. The number of anilines is 1. The Bertz CT molecular complexity index is 1160. The van der Waals surface area contributed by atoms with Crippen LogP contribution in [-0.2, 0) is 17.1 Å². The quantitative estimate of drug-likeness (QED) is 0.562.